The summed E-state index contributed by atoms with van der Waals surface area (Å²) < 4.78 is 10.0. The second-order valence-electron chi connectivity index (χ2n) is 6.89. The average molecular weight is 404 g/mol. The zero-order chi connectivity index (χ0) is 19.4. The molecule has 3 aromatic heterocycles. The number of benzene rings is 1. The molecule has 0 N–H and O–H groups in total. The SMILES string of the molecule is Clc1ccc2c(c1)-n1nncc1Cc1c(C3=NCC(c4ccncc4)O3)ncn1-2. The van der Waals surface area contributed by atoms with E-state index in [-0.39, 0.29) is 6.10 Å². The molecule has 8 nitrogen and oxygen atoms in total. The molecule has 2 aliphatic rings. The Balaban J connectivity index is 1.44. The molecule has 4 aromatic rings. The van der Waals surface area contributed by atoms with Crippen molar-refractivity contribution in [1.29, 1.82) is 0 Å². The minimum Gasteiger partial charge on any atom is -0.466 e. The van der Waals surface area contributed by atoms with Crippen LogP contribution in [0.4, 0.5) is 0 Å². The summed E-state index contributed by atoms with van der Waals surface area (Å²) in [5, 5.41) is 8.97. The second-order valence-corrected chi connectivity index (χ2v) is 7.33. The fraction of sp³-hybridized carbons (Fsp3) is 0.150. The summed E-state index contributed by atoms with van der Waals surface area (Å²) in [7, 11) is 0. The van der Waals surface area contributed by atoms with Crippen molar-refractivity contribution in [2.24, 2.45) is 4.99 Å². The first kappa shape index (κ1) is 16.4. The van der Waals surface area contributed by atoms with Gasteiger partial charge in [0.05, 0.1) is 35.5 Å². The molecule has 0 saturated heterocycles. The van der Waals surface area contributed by atoms with Gasteiger partial charge in [-0.25, -0.2) is 14.7 Å². The molecule has 1 atom stereocenters. The monoisotopic (exact) mass is 403 g/mol. The number of ether oxygens (including phenoxy) is 1. The maximum absolute atomic E-state index is 6.24. The van der Waals surface area contributed by atoms with Crippen molar-refractivity contribution in [1.82, 2.24) is 29.5 Å². The van der Waals surface area contributed by atoms with Gasteiger partial charge >= 0.3 is 0 Å². The number of hydrogen-bond donors (Lipinski definition) is 0. The molecule has 1 aromatic carbocycles. The number of nitrogens with zero attached hydrogens (tertiary/aromatic N) is 7. The van der Waals surface area contributed by atoms with E-state index >= 15 is 0 Å². The zero-order valence-electron chi connectivity index (χ0n) is 15.1. The van der Waals surface area contributed by atoms with Crippen LogP contribution < -0.4 is 0 Å². The third kappa shape index (κ3) is 2.56. The molecule has 0 saturated carbocycles. The molecule has 142 valence electrons. The number of halogens is 1. The lowest BCUT2D eigenvalue weighted by molar-refractivity contribution is 0.229. The van der Waals surface area contributed by atoms with E-state index in [0.717, 1.165) is 34.0 Å². The van der Waals surface area contributed by atoms with Gasteiger partial charge < -0.3 is 4.74 Å². The van der Waals surface area contributed by atoms with Crippen LogP contribution in [0.3, 0.4) is 0 Å². The largest absolute Gasteiger partial charge is 0.466 e. The van der Waals surface area contributed by atoms with Gasteiger partial charge in [0.1, 0.15) is 18.1 Å². The molecular formula is C20H14ClN7O. The molecule has 9 heteroatoms. The fourth-order valence-electron chi connectivity index (χ4n) is 3.81. The molecule has 0 amide bonds. The van der Waals surface area contributed by atoms with Crippen LogP contribution in [0.1, 0.15) is 28.7 Å². The number of hydrogen-bond acceptors (Lipinski definition) is 6. The summed E-state index contributed by atoms with van der Waals surface area (Å²) in [6, 6.07) is 9.59. The summed E-state index contributed by atoms with van der Waals surface area (Å²) >= 11 is 6.24. The summed E-state index contributed by atoms with van der Waals surface area (Å²) in [6.45, 7) is 0.553. The van der Waals surface area contributed by atoms with Crippen LogP contribution in [0.5, 0.6) is 0 Å². The molecule has 0 radical (unpaired) electrons. The number of rotatable bonds is 2. The van der Waals surface area contributed by atoms with Gasteiger partial charge in [-0.05, 0) is 35.9 Å². The van der Waals surface area contributed by atoms with Gasteiger partial charge in [0.15, 0.2) is 0 Å². The number of pyridine rings is 1. The van der Waals surface area contributed by atoms with E-state index in [4.69, 9.17) is 16.3 Å². The first-order valence-corrected chi connectivity index (χ1v) is 9.53. The normalized spacial score (nSPS) is 17.0. The van der Waals surface area contributed by atoms with Gasteiger partial charge in [-0.1, -0.05) is 16.8 Å². The van der Waals surface area contributed by atoms with E-state index in [1.807, 2.05) is 39.6 Å². The first-order chi connectivity index (χ1) is 14.3. The zero-order valence-corrected chi connectivity index (χ0v) is 15.9. The summed E-state index contributed by atoms with van der Waals surface area (Å²) in [6.07, 6.45) is 7.54. The third-order valence-corrected chi connectivity index (χ3v) is 5.43. The maximum Gasteiger partial charge on any atom is 0.238 e. The van der Waals surface area contributed by atoms with Crippen LogP contribution >= 0.6 is 11.6 Å². The molecular weight excluding hydrogens is 390 g/mol. The van der Waals surface area contributed by atoms with E-state index in [2.05, 4.69) is 25.3 Å². The highest BCUT2D eigenvalue weighted by Crippen LogP contribution is 2.32. The summed E-state index contributed by atoms with van der Waals surface area (Å²) in [5.41, 5.74) is 5.48. The smallest absolute Gasteiger partial charge is 0.238 e. The molecule has 0 bridgehead atoms. The van der Waals surface area contributed by atoms with Crippen LogP contribution in [0.25, 0.3) is 11.4 Å². The minimum absolute atomic E-state index is 0.130. The maximum atomic E-state index is 6.24. The van der Waals surface area contributed by atoms with Gasteiger partial charge in [-0.15, -0.1) is 5.10 Å². The lowest BCUT2D eigenvalue weighted by atomic mass is 10.1. The van der Waals surface area contributed by atoms with Crippen molar-refractivity contribution in [2.75, 3.05) is 6.54 Å². The lowest BCUT2D eigenvalue weighted by Crippen LogP contribution is -2.10. The summed E-state index contributed by atoms with van der Waals surface area (Å²) in [5.74, 6) is 0.553. The van der Waals surface area contributed by atoms with Crippen molar-refractivity contribution < 1.29 is 4.74 Å². The lowest BCUT2D eigenvalue weighted by Gasteiger charge is -2.12. The molecule has 1 unspecified atom stereocenters. The topological polar surface area (TPSA) is 83.0 Å². The number of aromatic nitrogens is 6. The Kier molecular flexibility index (Phi) is 3.54. The van der Waals surface area contributed by atoms with Gasteiger partial charge in [0.2, 0.25) is 5.90 Å². The van der Waals surface area contributed by atoms with Crippen LogP contribution in [0.2, 0.25) is 5.02 Å². The number of fused-ring (bicyclic) bond motifs is 5. The van der Waals surface area contributed by atoms with E-state index < -0.39 is 0 Å². The molecule has 29 heavy (non-hydrogen) atoms. The predicted octanol–water partition coefficient (Wildman–Crippen LogP) is 2.92. The van der Waals surface area contributed by atoms with E-state index in [0.29, 0.717) is 23.9 Å². The van der Waals surface area contributed by atoms with Crippen LogP contribution in [-0.4, -0.2) is 42.0 Å². The Morgan fingerprint density at radius 3 is 2.90 bits per heavy atom. The molecule has 0 spiro atoms. The Labute approximate surface area is 170 Å². The number of aliphatic imine (C=N–C) groups is 1. The van der Waals surface area contributed by atoms with Crippen molar-refractivity contribution in [3.05, 3.63) is 82.9 Å². The Morgan fingerprint density at radius 1 is 1.10 bits per heavy atom. The Bertz CT molecular complexity index is 1260. The van der Waals surface area contributed by atoms with Crippen molar-refractivity contribution in [3.8, 4) is 11.4 Å². The highest BCUT2D eigenvalue weighted by atomic mass is 35.5. The van der Waals surface area contributed by atoms with Crippen LogP contribution in [0.15, 0.2) is 60.2 Å². The fourth-order valence-corrected chi connectivity index (χ4v) is 3.97. The van der Waals surface area contributed by atoms with Crippen molar-refractivity contribution in [2.45, 2.75) is 12.5 Å². The van der Waals surface area contributed by atoms with Crippen LogP contribution in [0, 0.1) is 0 Å². The van der Waals surface area contributed by atoms with Gasteiger partial charge in [0.25, 0.3) is 0 Å². The second kappa shape index (κ2) is 6.25. The molecule has 5 heterocycles. The third-order valence-electron chi connectivity index (χ3n) is 5.20. The molecule has 0 fully saturated rings. The predicted molar refractivity (Wildman–Crippen MR) is 106 cm³/mol. The summed E-state index contributed by atoms with van der Waals surface area (Å²) in [4.78, 5) is 13.3. The van der Waals surface area contributed by atoms with Gasteiger partial charge in [0, 0.05) is 23.8 Å². The average Bonchev–Trinajstić information content (AvgIpc) is 3.48. The number of imidazole rings is 1. The van der Waals surface area contributed by atoms with E-state index in [9.17, 15) is 0 Å². The molecule has 0 aliphatic carbocycles. The van der Waals surface area contributed by atoms with Gasteiger partial charge in [-0.2, -0.15) is 0 Å². The van der Waals surface area contributed by atoms with Crippen molar-refractivity contribution >= 4 is 17.5 Å². The minimum atomic E-state index is -0.130. The van der Waals surface area contributed by atoms with Gasteiger partial charge in [-0.3, -0.25) is 9.55 Å². The standard InChI is InChI=1S/C20H14ClN7O/c21-13-1-2-15-16(7-13)28-14(9-25-26-28)8-17-19(24-11-27(15)17)20-23-10-18(29-20)12-3-5-22-6-4-12/h1-7,9,11,18H,8,10H2. The Hall–Kier alpha value is -3.52. The Morgan fingerprint density at radius 2 is 2.00 bits per heavy atom. The first-order valence-electron chi connectivity index (χ1n) is 9.15. The van der Waals surface area contributed by atoms with E-state index in [1.165, 1.54) is 0 Å². The quantitative estimate of drug-likeness (QED) is 0.452. The van der Waals surface area contributed by atoms with E-state index in [1.54, 1.807) is 24.9 Å². The molecule has 2 aliphatic heterocycles. The van der Waals surface area contributed by atoms with Crippen LogP contribution in [-0.2, 0) is 11.2 Å². The highest BCUT2D eigenvalue weighted by molar-refractivity contribution is 6.30. The molecule has 6 rings (SSSR count). The van der Waals surface area contributed by atoms with Crippen molar-refractivity contribution in [3.63, 3.8) is 0 Å². The highest BCUT2D eigenvalue weighted by Gasteiger charge is 2.30.